The van der Waals surface area contributed by atoms with Crippen LogP contribution in [0.15, 0.2) is 0 Å². The Morgan fingerprint density at radius 3 is 1.23 bits per heavy atom. The minimum Gasteiger partial charge on any atom is -0.469 e. The molecule has 1 heterocycles. The molecule has 2 unspecified atom stereocenters. The fraction of sp³-hybridized carbons (Fsp3) is 0.812. The highest BCUT2D eigenvalue weighted by molar-refractivity contribution is 5.78. The van der Waals surface area contributed by atoms with Crippen molar-refractivity contribution in [2.45, 2.75) is 103 Å². The van der Waals surface area contributed by atoms with E-state index in [1.54, 1.807) is 63.2 Å². The molecule has 1 aliphatic heterocycles. The first kappa shape index (κ1) is 41.7. The van der Waals surface area contributed by atoms with Crippen LogP contribution in [-0.4, -0.2) is 147 Å². The molecule has 0 aromatic rings. The zero-order chi connectivity index (χ0) is 36.2. The van der Waals surface area contributed by atoms with E-state index in [0.29, 0.717) is 0 Å². The van der Waals surface area contributed by atoms with Gasteiger partial charge in [-0.25, -0.2) is 0 Å². The van der Waals surface area contributed by atoms with Crippen molar-refractivity contribution >= 4 is 35.8 Å². The van der Waals surface area contributed by atoms with Crippen LogP contribution in [0.5, 0.6) is 0 Å². The van der Waals surface area contributed by atoms with Crippen molar-refractivity contribution < 1.29 is 57.2 Å². The van der Waals surface area contributed by atoms with Crippen LogP contribution in [0.4, 0.5) is 0 Å². The predicted molar refractivity (Wildman–Crippen MR) is 169 cm³/mol. The molecule has 0 N–H and O–H groups in total. The lowest BCUT2D eigenvalue weighted by atomic mass is 9.95. The molecule has 0 spiro atoms. The van der Waals surface area contributed by atoms with E-state index in [4.69, 9.17) is 28.4 Å². The summed E-state index contributed by atoms with van der Waals surface area (Å²) in [5.74, 6) is -3.41. The summed E-state index contributed by atoms with van der Waals surface area (Å²) in [6, 6.07) is -1.81. The zero-order valence-corrected chi connectivity index (χ0v) is 30.0. The monoisotopic (exact) mass is 673 g/mol. The predicted octanol–water partition coefficient (Wildman–Crippen LogP) is 1.34. The number of rotatable bonds is 15. The molecule has 15 nitrogen and oxygen atoms in total. The van der Waals surface area contributed by atoms with Gasteiger partial charge in [-0.1, -0.05) is 0 Å². The van der Waals surface area contributed by atoms with Crippen LogP contribution in [0.25, 0.3) is 0 Å². The third-order valence-corrected chi connectivity index (χ3v) is 7.53. The molecule has 0 amide bonds. The van der Waals surface area contributed by atoms with Gasteiger partial charge < -0.3 is 28.4 Å². The maximum Gasteiger partial charge on any atom is 0.323 e. The van der Waals surface area contributed by atoms with Crippen LogP contribution in [0, 0.1) is 0 Å². The summed E-state index contributed by atoms with van der Waals surface area (Å²) in [5, 5.41) is 0. The molecule has 1 saturated heterocycles. The first-order valence-electron chi connectivity index (χ1n) is 15.6. The number of ether oxygens (including phenoxy) is 6. The third kappa shape index (κ3) is 14.6. The van der Waals surface area contributed by atoms with Gasteiger partial charge in [0.2, 0.25) is 0 Å². The quantitative estimate of drug-likeness (QED) is 0.180. The fourth-order valence-electron chi connectivity index (χ4n) is 5.45. The van der Waals surface area contributed by atoms with Gasteiger partial charge in [0.05, 0.1) is 41.5 Å². The molecule has 15 heteroatoms. The number of esters is 6. The zero-order valence-electron chi connectivity index (χ0n) is 30.0. The largest absolute Gasteiger partial charge is 0.469 e. The molecule has 47 heavy (non-hydrogen) atoms. The maximum absolute atomic E-state index is 13.3. The molecular formula is C32H55N3O12. The summed E-state index contributed by atoms with van der Waals surface area (Å²) < 4.78 is 31.1. The average Bonchev–Trinajstić information content (AvgIpc) is 3.13. The summed E-state index contributed by atoms with van der Waals surface area (Å²) >= 11 is 0. The van der Waals surface area contributed by atoms with Gasteiger partial charge in [0.1, 0.15) is 23.3 Å². The Labute approximate surface area is 278 Å². The Kier molecular flexibility index (Phi) is 16.2. The highest BCUT2D eigenvalue weighted by atomic mass is 16.6. The normalized spacial score (nSPS) is 19.1. The van der Waals surface area contributed by atoms with Crippen molar-refractivity contribution in [2.24, 2.45) is 0 Å². The van der Waals surface area contributed by atoms with Crippen molar-refractivity contribution in [1.29, 1.82) is 0 Å². The molecule has 0 radical (unpaired) electrons. The van der Waals surface area contributed by atoms with Crippen LogP contribution in [0.3, 0.4) is 0 Å². The minimum absolute atomic E-state index is 0.0658. The van der Waals surface area contributed by atoms with E-state index in [0.717, 1.165) is 0 Å². The molecular weight excluding hydrogens is 618 g/mol. The van der Waals surface area contributed by atoms with E-state index in [-0.39, 0.29) is 65.0 Å². The van der Waals surface area contributed by atoms with Gasteiger partial charge in [-0.15, -0.1) is 0 Å². The van der Waals surface area contributed by atoms with E-state index < -0.39 is 64.6 Å². The smallest absolute Gasteiger partial charge is 0.323 e. The molecule has 270 valence electrons. The van der Waals surface area contributed by atoms with Crippen LogP contribution in [0.2, 0.25) is 0 Å². The number of carbonyl (C=O) groups excluding carboxylic acids is 6. The van der Waals surface area contributed by atoms with E-state index in [1.165, 1.54) is 28.4 Å². The second kappa shape index (κ2) is 18.3. The summed E-state index contributed by atoms with van der Waals surface area (Å²) in [6.45, 7) is 12.1. The molecule has 1 aliphatic rings. The van der Waals surface area contributed by atoms with Crippen LogP contribution >= 0.6 is 0 Å². The minimum atomic E-state index is -1.13. The van der Waals surface area contributed by atoms with Crippen LogP contribution in [-0.2, 0) is 57.2 Å². The summed E-state index contributed by atoms with van der Waals surface area (Å²) in [4.78, 5) is 82.2. The second-order valence-electron chi connectivity index (χ2n) is 13.8. The number of nitrogens with zero attached hydrogens (tertiary/aromatic N) is 3. The third-order valence-electron chi connectivity index (χ3n) is 7.53. The summed E-state index contributed by atoms with van der Waals surface area (Å²) in [7, 11) is 4.99. The van der Waals surface area contributed by atoms with Gasteiger partial charge in [0.25, 0.3) is 0 Å². The Morgan fingerprint density at radius 1 is 0.617 bits per heavy atom. The highest BCUT2D eigenvalue weighted by Crippen LogP contribution is 2.28. The maximum atomic E-state index is 13.3. The van der Waals surface area contributed by atoms with Crippen LogP contribution < -0.4 is 0 Å². The molecule has 2 atom stereocenters. The lowest BCUT2D eigenvalue weighted by Gasteiger charge is -2.45. The average molecular weight is 674 g/mol. The van der Waals surface area contributed by atoms with Crippen molar-refractivity contribution in [1.82, 2.24) is 14.7 Å². The van der Waals surface area contributed by atoms with Gasteiger partial charge in [-0.2, -0.15) is 0 Å². The molecule has 0 aromatic heterocycles. The Bertz CT molecular complexity index is 1020. The topological polar surface area (TPSA) is 168 Å². The molecule has 0 aliphatic carbocycles. The first-order chi connectivity index (χ1) is 21.7. The SMILES string of the molecule is COC(=O)CCC(C(=O)OC)N1CCN(C(CCC(=O)OC)C(=O)OC)CC(C)(N(CC(=O)OC(C)(C)C)CC(=O)OC(C)(C)C)C1. The van der Waals surface area contributed by atoms with Crippen molar-refractivity contribution in [2.75, 3.05) is 67.7 Å². The first-order valence-corrected chi connectivity index (χ1v) is 15.6. The van der Waals surface area contributed by atoms with Gasteiger partial charge in [0.15, 0.2) is 0 Å². The number of hydrogen-bond donors (Lipinski definition) is 0. The number of carbonyl (C=O) groups is 6. The van der Waals surface area contributed by atoms with Crippen molar-refractivity contribution in [3.63, 3.8) is 0 Å². The Balaban J connectivity index is 3.78. The summed E-state index contributed by atoms with van der Waals surface area (Å²) in [6.07, 6.45) is -0.0139. The number of methoxy groups -OCH3 is 4. The number of hydrogen-bond acceptors (Lipinski definition) is 15. The van der Waals surface area contributed by atoms with Gasteiger partial charge in [-0.3, -0.25) is 43.5 Å². The Hall–Kier alpha value is -3.30. The fourth-order valence-corrected chi connectivity index (χ4v) is 5.45. The van der Waals surface area contributed by atoms with E-state index >= 15 is 0 Å². The lowest BCUT2D eigenvalue weighted by Crippen LogP contribution is -2.62. The lowest BCUT2D eigenvalue weighted by molar-refractivity contribution is -0.165. The van der Waals surface area contributed by atoms with E-state index in [1.807, 2.05) is 0 Å². The molecule has 1 rings (SSSR count). The van der Waals surface area contributed by atoms with Gasteiger partial charge >= 0.3 is 35.8 Å². The molecule has 0 aromatic carbocycles. The molecule has 1 fully saturated rings. The van der Waals surface area contributed by atoms with Crippen molar-refractivity contribution in [3.8, 4) is 0 Å². The second-order valence-corrected chi connectivity index (χ2v) is 13.8. The molecule has 0 saturated carbocycles. The van der Waals surface area contributed by atoms with Crippen LogP contribution in [0.1, 0.15) is 74.1 Å². The molecule has 0 bridgehead atoms. The van der Waals surface area contributed by atoms with E-state index in [2.05, 4.69) is 0 Å². The van der Waals surface area contributed by atoms with Gasteiger partial charge in [-0.05, 0) is 61.3 Å². The standard InChI is InChI=1S/C32H55N3O12/c1-30(2,3)46-26(38)18-35(19-27(39)47-31(4,5)6)32(7)20-33(22(28(40)44-10)12-14-24(36)42-8)16-17-34(21-32)23(29(41)45-11)13-15-25(37)43-9/h22-23H,12-21H2,1-11H3. The summed E-state index contributed by atoms with van der Waals surface area (Å²) in [5.41, 5.74) is -2.75. The Morgan fingerprint density at radius 2 is 0.957 bits per heavy atom. The highest BCUT2D eigenvalue weighted by Gasteiger charge is 2.45. The van der Waals surface area contributed by atoms with Gasteiger partial charge in [0, 0.05) is 44.6 Å². The van der Waals surface area contributed by atoms with E-state index in [9.17, 15) is 28.8 Å². The van der Waals surface area contributed by atoms with Crippen molar-refractivity contribution in [3.05, 3.63) is 0 Å².